The summed E-state index contributed by atoms with van der Waals surface area (Å²) in [5.41, 5.74) is 3.78. The topological polar surface area (TPSA) is 103 Å². The number of aryl methyl sites for hydroxylation is 2. The largest absolute Gasteiger partial charge is 0.463 e. The molecule has 0 bridgehead atoms. The Balaban J connectivity index is 1.77. The molecule has 4 rings (SSSR count). The van der Waals surface area contributed by atoms with Crippen LogP contribution >= 0.6 is 0 Å². The van der Waals surface area contributed by atoms with Gasteiger partial charge in [-0.1, -0.05) is 12.1 Å². The standard InChI is InChI=1S/C22H18N4O4/c1-14-8-9-16(11-15(14)2)23-22(27)20-13-19(21-7-4-10-30-21)24-25(20)17-5-3-6-18(12-17)26(28)29/h3-13H,1-2H3,(H,23,27). The van der Waals surface area contributed by atoms with Crippen LogP contribution in [0.5, 0.6) is 0 Å². The molecule has 4 aromatic rings. The molecule has 0 radical (unpaired) electrons. The number of amides is 1. The van der Waals surface area contributed by atoms with E-state index in [9.17, 15) is 14.9 Å². The van der Waals surface area contributed by atoms with Crippen molar-refractivity contribution < 1.29 is 14.1 Å². The summed E-state index contributed by atoms with van der Waals surface area (Å²) in [6.45, 7) is 3.96. The van der Waals surface area contributed by atoms with Crippen LogP contribution in [0.25, 0.3) is 17.1 Å². The molecule has 1 N–H and O–H groups in total. The van der Waals surface area contributed by atoms with E-state index in [-0.39, 0.29) is 11.4 Å². The van der Waals surface area contributed by atoms with Crippen LogP contribution in [0.15, 0.2) is 71.3 Å². The van der Waals surface area contributed by atoms with Crippen molar-refractivity contribution in [1.29, 1.82) is 0 Å². The molecule has 150 valence electrons. The lowest BCUT2D eigenvalue weighted by Gasteiger charge is -2.10. The zero-order chi connectivity index (χ0) is 21.3. The number of hydrogen-bond acceptors (Lipinski definition) is 5. The summed E-state index contributed by atoms with van der Waals surface area (Å²) in [7, 11) is 0. The minimum atomic E-state index is -0.491. The van der Waals surface area contributed by atoms with Gasteiger partial charge in [-0.05, 0) is 55.3 Å². The zero-order valence-corrected chi connectivity index (χ0v) is 16.3. The van der Waals surface area contributed by atoms with E-state index in [4.69, 9.17) is 4.42 Å². The molecule has 8 nitrogen and oxygen atoms in total. The predicted octanol–water partition coefficient (Wildman–Crippen LogP) is 4.91. The minimum absolute atomic E-state index is 0.0944. The Hall–Kier alpha value is -4.20. The Morgan fingerprint density at radius 1 is 1.07 bits per heavy atom. The molecule has 2 aromatic heterocycles. The van der Waals surface area contributed by atoms with Gasteiger partial charge in [-0.3, -0.25) is 14.9 Å². The highest BCUT2D eigenvalue weighted by Gasteiger charge is 2.20. The molecule has 0 saturated heterocycles. The SMILES string of the molecule is Cc1ccc(NC(=O)c2cc(-c3ccco3)nn2-c2cccc([N+](=O)[O-])c2)cc1C. The number of furan rings is 1. The van der Waals surface area contributed by atoms with E-state index >= 15 is 0 Å². The molecule has 0 spiro atoms. The lowest BCUT2D eigenvalue weighted by Crippen LogP contribution is -2.17. The van der Waals surface area contributed by atoms with Crippen LogP contribution in [-0.2, 0) is 0 Å². The first-order valence-electron chi connectivity index (χ1n) is 9.20. The van der Waals surface area contributed by atoms with E-state index in [0.717, 1.165) is 11.1 Å². The Labute approximate surface area is 171 Å². The first-order valence-corrected chi connectivity index (χ1v) is 9.20. The Bertz CT molecular complexity index is 1240. The van der Waals surface area contributed by atoms with E-state index in [1.807, 2.05) is 32.0 Å². The molecule has 0 fully saturated rings. The van der Waals surface area contributed by atoms with Crippen LogP contribution in [0.4, 0.5) is 11.4 Å². The molecule has 0 unspecified atom stereocenters. The lowest BCUT2D eigenvalue weighted by molar-refractivity contribution is -0.384. The fraction of sp³-hybridized carbons (Fsp3) is 0.0909. The van der Waals surface area contributed by atoms with Crippen LogP contribution in [0.2, 0.25) is 0 Å². The third-order valence-corrected chi connectivity index (χ3v) is 4.77. The van der Waals surface area contributed by atoms with Gasteiger partial charge in [0, 0.05) is 23.9 Å². The normalized spacial score (nSPS) is 10.7. The molecule has 0 saturated carbocycles. The fourth-order valence-electron chi connectivity index (χ4n) is 3.04. The number of benzene rings is 2. The van der Waals surface area contributed by atoms with Crippen molar-refractivity contribution in [3.05, 3.63) is 93.9 Å². The quantitative estimate of drug-likeness (QED) is 0.377. The fourth-order valence-corrected chi connectivity index (χ4v) is 3.04. The molecule has 2 heterocycles. The number of hydrogen-bond donors (Lipinski definition) is 1. The first kappa shape index (κ1) is 19.1. The van der Waals surface area contributed by atoms with Crippen LogP contribution in [0, 0.1) is 24.0 Å². The monoisotopic (exact) mass is 402 g/mol. The number of anilines is 1. The third kappa shape index (κ3) is 3.70. The van der Waals surface area contributed by atoms with E-state index < -0.39 is 10.8 Å². The van der Waals surface area contributed by atoms with Crippen molar-refractivity contribution in [1.82, 2.24) is 9.78 Å². The lowest BCUT2D eigenvalue weighted by atomic mass is 10.1. The van der Waals surface area contributed by atoms with Gasteiger partial charge in [-0.15, -0.1) is 0 Å². The molecular weight excluding hydrogens is 384 g/mol. The number of rotatable bonds is 5. The maximum Gasteiger partial charge on any atom is 0.274 e. The van der Waals surface area contributed by atoms with Crippen LogP contribution < -0.4 is 5.32 Å². The van der Waals surface area contributed by atoms with E-state index in [1.54, 1.807) is 30.3 Å². The number of aromatic nitrogens is 2. The highest BCUT2D eigenvalue weighted by molar-refractivity contribution is 6.04. The van der Waals surface area contributed by atoms with Crippen molar-refractivity contribution in [2.45, 2.75) is 13.8 Å². The number of carbonyl (C=O) groups is 1. The molecule has 0 atom stereocenters. The number of nitro groups is 1. The summed E-state index contributed by atoms with van der Waals surface area (Å²) in [6.07, 6.45) is 1.51. The van der Waals surface area contributed by atoms with Gasteiger partial charge in [0.15, 0.2) is 5.76 Å². The Morgan fingerprint density at radius 3 is 2.60 bits per heavy atom. The number of nitrogens with zero attached hydrogens (tertiary/aromatic N) is 3. The molecule has 0 aliphatic heterocycles. The summed E-state index contributed by atoms with van der Waals surface area (Å²) >= 11 is 0. The van der Waals surface area contributed by atoms with Crippen molar-refractivity contribution in [2.75, 3.05) is 5.32 Å². The van der Waals surface area contributed by atoms with Gasteiger partial charge in [0.25, 0.3) is 11.6 Å². The smallest absolute Gasteiger partial charge is 0.274 e. The second-order valence-corrected chi connectivity index (χ2v) is 6.83. The second kappa shape index (κ2) is 7.67. The van der Waals surface area contributed by atoms with Crippen LogP contribution in [0.1, 0.15) is 21.6 Å². The summed E-state index contributed by atoms with van der Waals surface area (Å²) in [5, 5.41) is 18.5. The molecule has 0 aliphatic rings. The highest BCUT2D eigenvalue weighted by atomic mass is 16.6. The second-order valence-electron chi connectivity index (χ2n) is 6.83. The summed E-state index contributed by atoms with van der Waals surface area (Å²) < 4.78 is 6.77. The first-order chi connectivity index (χ1) is 14.4. The number of carbonyl (C=O) groups excluding carboxylic acids is 1. The highest BCUT2D eigenvalue weighted by Crippen LogP contribution is 2.25. The van der Waals surface area contributed by atoms with Crippen molar-refractivity contribution in [2.24, 2.45) is 0 Å². The number of nitrogens with one attached hydrogen (secondary N) is 1. The van der Waals surface area contributed by atoms with Crippen molar-refractivity contribution >= 4 is 17.3 Å². The van der Waals surface area contributed by atoms with Crippen molar-refractivity contribution in [3.8, 4) is 17.1 Å². The van der Waals surface area contributed by atoms with Gasteiger partial charge in [-0.2, -0.15) is 5.10 Å². The average Bonchev–Trinajstić information content (AvgIpc) is 3.40. The molecule has 0 aliphatic carbocycles. The Morgan fingerprint density at radius 2 is 1.90 bits per heavy atom. The van der Waals surface area contributed by atoms with E-state index in [2.05, 4.69) is 10.4 Å². The number of nitro benzene ring substituents is 1. The maximum absolute atomic E-state index is 13.1. The Kier molecular flexibility index (Phi) is 4.89. The summed E-state index contributed by atoms with van der Waals surface area (Å²) in [6, 6.07) is 16.6. The minimum Gasteiger partial charge on any atom is -0.463 e. The zero-order valence-electron chi connectivity index (χ0n) is 16.3. The summed E-state index contributed by atoms with van der Waals surface area (Å²) in [5.74, 6) is 0.0921. The number of non-ortho nitro benzene ring substituents is 1. The van der Waals surface area contributed by atoms with Crippen LogP contribution in [-0.4, -0.2) is 20.6 Å². The van der Waals surface area contributed by atoms with Crippen LogP contribution in [0.3, 0.4) is 0 Å². The van der Waals surface area contributed by atoms with E-state index in [0.29, 0.717) is 22.8 Å². The van der Waals surface area contributed by atoms with Gasteiger partial charge in [0.05, 0.1) is 16.9 Å². The van der Waals surface area contributed by atoms with Gasteiger partial charge >= 0.3 is 0 Å². The summed E-state index contributed by atoms with van der Waals surface area (Å²) in [4.78, 5) is 23.8. The van der Waals surface area contributed by atoms with Gasteiger partial charge < -0.3 is 9.73 Å². The predicted molar refractivity (Wildman–Crippen MR) is 112 cm³/mol. The molecule has 8 heteroatoms. The third-order valence-electron chi connectivity index (χ3n) is 4.77. The van der Waals surface area contributed by atoms with E-state index in [1.165, 1.54) is 23.1 Å². The molecule has 2 aromatic carbocycles. The maximum atomic E-state index is 13.1. The van der Waals surface area contributed by atoms with Crippen molar-refractivity contribution in [3.63, 3.8) is 0 Å². The van der Waals surface area contributed by atoms with Gasteiger partial charge in [0.1, 0.15) is 11.4 Å². The average molecular weight is 402 g/mol. The molecule has 1 amide bonds. The molecular formula is C22H18N4O4. The van der Waals surface area contributed by atoms with Gasteiger partial charge in [0.2, 0.25) is 0 Å². The van der Waals surface area contributed by atoms with Gasteiger partial charge in [-0.25, -0.2) is 4.68 Å². The molecule has 30 heavy (non-hydrogen) atoms.